The van der Waals surface area contributed by atoms with Crippen LogP contribution in [0.25, 0.3) is 38.6 Å². The smallest absolute Gasteiger partial charge is 0.0570 e. The lowest BCUT2D eigenvalue weighted by atomic mass is 10.1. The van der Waals surface area contributed by atoms with Gasteiger partial charge in [0.15, 0.2) is 0 Å². The molecule has 0 saturated heterocycles. The van der Waals surface area contributed by atoms with Gasteiger partial charge in [-0.2, -0.15) is 0 Å². The monoisotopic (exact) mass is 333 g/mol. The minimum Gasteiger partial charge on any atom is -0.309 e. The van der Waals surface area contributed by atoms with Crippen molar-refractivity contribution >= 4 is 21.8 Å². The molecule has 26 heavy (non-hydrogen) atoms. The molecule has 124 valence electrons. The third kappa shape index (κ3) is 2.25. The predicted octanol–water partition coefficient (Wildman–Crippen LogP) is 6.76. The van der Waals surface area contributed by atoms with Crippen molar-refractivity contribution in [2.45, 2.75) is 6.92 Å². The Labute approximate surface area is 153 Å². The van der Waals surface area contributed by atoms with Crippen LogP contribution in [0, 0.1) is 6.92 Å². The highest BCUT2D eigenvalue weighted by Gasteiger charge is 2.13. The lowest BCUT2D eigenvalue weighted by Crippen LogP contribution is -1.95. The van der Waals surface area contributed by atoms with Crippen LogP contribution >= 0.6 is 0 Å². The molecule has 0 atom stereocenters. The summed E-state index contributed by atoms with van der Waals surface area (Å²) in [5.74, 6) is 0. The van der Waals surface area contributed by atoms with Gasteiger partial charge in [-0.1, -0.05) is 78.9 Å². The summed E-state index contributed by atoms with van der Waals surface area (Å²) in [4.78, 5) is 0. The topological polar surface area (TPSA) is 4.93 Å². The Morgan fingerprint density at radius 3 is 2.00 bits per heavy atom. The van der Waals surface area contributed by atoms with Crippen molar-refractivity contribution in [3.05, 3.63) is 103 Å². The zero-order chi connectivity index (χ0) is 17.5. The summed E-state index contributed by atoms with van der Waals surface area (Å²) in [5, 5.41) is 2.62. The minimum absolute atomic E-state index is 1.20. The van der Waals surface area contributed by atoms with Crippen LogP contribution in [0.2, 0.25) is 0 Å². The normalized spacial score (nSPS) is 11.3. The van der Waals surface area contributed by atoms with E-state index in [2.05, 4.69) is 109 Å². The second-order valence-corrected chi connectivity index (χ2v) is 6.74. The van der Waals surface area contributed by atoms with E-state index in [0.29, 0.717) is 0 Å². The fourth-order valence-corrected chi connectivity index (χ4v) is 3.89. The molecule has 0 aliphatic carbocycles. The van der Waals surface area contributed by atoms with Gasteiger partial charge in [-0.15, -0.1) is 0 Å². The molecule has 5 rings (SSSR count). The van der Waals surface area contributed by atoms with Crippen molar-refractivity contribution < 1.29 is 0 Å². The summed E-state index contributed by atoms with van der Waals surface area (Å²) >= 11 is 0. The molecule has 0 aliphatic heterocycles. The van der Waals surface area contributed by atoms with E-state index in [9.17, 15) is 0 Å². The van der Waals surface area contributed by atoms with Gasteiger partial charge in [-0.05, 0) is 41.8 Å². The number of rotatable bonds is 2. The van der Waals surface area contributed by atoms with E-state index in [1.165, 1.54) is 44.2 Å². The van der Waals surface area contributed by atoms with E-state index < -0.39 is 0 Å². The highest BCUT2D eigenvalue weighted by Crippen LogP contribution is 2.34. The molecule has 0 radical (unpaired) electrons. The first-order chi connectivity index (χ1) is 12.8. The van der Waals surface area contributed by atoms with Gasteiger partial charge >= 0.3 is 0 Å². The summed E-state index contributed by atoms with van der Waals surface area (Å²) in [6, 6.07) is 34.6. The Hall–Kier alpha value is -3.32. The summed E-state index contributed by atoms with van der Waals surface area (Å²) in [7, 11) is 0. The minimum atomic E-state index is 1.20. The van der Waals surface area contributed by atoms with E-state index >= 15 is 0 Å². The van der Waals surface area contributed by atoms with Crippen molar-refractivity contribution in [3.8, 4) is 16.8 Å². The molecule has 5 aromatic rings. The summed E-state index contributed by atoms with van der Waals surface area (Å²) in [6.07, 6.45) is 0. The fraction of sp³-hybridized carbons (Fsp3) is 0.0400. The van der Waals surface area contributed by atoms with Gasteiger partial charge in [0.05, 0.1) is 11.0 Å². The molecule has 1 heteroatoms. The van der Waals surface area contributed by atoms with Crippen LogP contribution in [0.15, 0.2) is 97.1 Å². The quantitative estimate of drug-likeness (QED) is 0.336. The van der Waals surface area contributed by atoms with E-state index in [4.69, 9.17) is 0 Å². The maximum Gasteiger partial charge on any atom is 0.0570 e. The van der Waals surface area contributed by atoms with E-state index in [1.807, 2.05) is 0 Å². The van der Waals surface area contributed by atoms with Gasteiger partial charge in [0.1, 0.15) is 0 Å². The first-order valence-electron chi connectivity index (χ1n) is 8.97. The molecule has 0 unspecified atom stereocenters. The Morgan fingerprint density at radius 1 is 0.538 bits per heavy atom. The van der Waals surface area contributed by atoms with Crippen molar-refractivity contribution in [3.63, 3.8) is 0 Å². The van der Waals surface area contributed by atoms with Crippen LogP contribution in [0.5, 0.6) is 0 Å². The summed E-state index contributed by atoms with van der Waals surface area (Å²) in [5.41, 5.74) is 7.53. The lowest BCUT2D eigenvalue weighted by Gasteiger charge is -2.10. The number of aromatic nitrogens is 1. The summed E-state index contributed by atoms with van der Waals surface area (Å²) in [6.45, 7) is 2.19. The van der Waals surface area contributed by atoms with E-state index in [-0.39, 0.29) is 0 Å². The third-order valence-corrected chi connectivity index (χ3v) is 5.13. The predicted molar refractivity (Wildman–Crippen MR) is 111 cm³/mol. The largest absolute Gasteiger partial charge is 0.309 e. The molecule has 0 aliphatic rings. The van der Waals surface area contributed by atoms with Crippen molar-refractivity contribution in [2.75, 3.05) is 0 Å². The van der Waals surface area contributed by atoms with E-state index in [1.54, 1.807) is 0 Å². The Kier molecular flexibility index (Phi) is 3.39. The van der Waals surface area contributed by atoms with Crippen LogP contribution in [-0.2, 0) is 0 Å². The highest BCUT2D eigenvalue weighted by molar-refractivity contribution is 6.10. The van der Waals surface area contributed by atoms with Crippen LogP contribution in [-0.4, -0.2) is 4.57 Å². The van der Waals surface area contributed by atoms with Crippen molar-refractivity contribution in [2.24, 2.45) is 0 Å². The molecule has 0 bridgehead atoms. The summed E-state index contributed by atoms with van der Waals surface area (Å²) < 4.78 is 2.38. The zero-order valence-corrected chi connectivity index (χ0v) is 14.7. The number of aryl methyl sites for hydroxylation is 1. The van der Waals surface area contributed by atoms with Gasteiger partial charge in [0.25, 0.3) is 0 Å². The van der Waals surface area contributed by atoms with Gasteiger partial charge in [0.2, 0.25) is 0 Å². The fourth-order valence-electron chi connectivity index (χ4n) is 3.89. The van der Waals surface area contributed by atoms with Gasteiger partial charge in [-0.25, -0.2) is 0 Å². The third-order valence-electron chi connectivity index (χ3n) is 5.13. The second-order valence-electron chi connectivity index (χ2n) is 6.74. The maximum absolute atomic E-state index is 2.38. The molecule has 0 saturated carbocycles. The first-order valence-corrected chi connectivity index (χ1v) is 8.97. The van der Waals surface area contributed by atoms with Gasteiger partial charge in [0, 0.05) is 16.5 Å². The lowest BCUT2D eigenvalue weighted by molar-refractivity contribution is 1.17. The number of hydrogen-bond acceptors (Lipinski definition) is 0. The Morgan fingerprint density at radius 2 is 1.19 bits per heavy atom. The number of benzene rings is 4. The van der Waals surface area contributed by atoms with Gasteiger partial charge in [-0.3, -0.25) is 0 Å². The number of para-hydroxylation sites is 2. The Bertz CT molecular complexity index is 1210. The SMILES string of the molecule is Cc1cccc2c3ccccc3n(-c3ccc(-c4ccccc4)cc3)c12. The highest BCUT2D eigenvalue weighted by atomic mass is 15.0. The van der Waals surface area contributed by atoms with Crippen molar-refractivity contribution in [1.29, 1.82) is 0 Å². The molecule has 0 amide bonds. The number of fused-ring (bicyclic) bond motifs is 3. The molecular weight excluding hydrogens is 314 g/mol. The van der Waals surface area contributed by atoms with Crippen LogP contribution in [0.1, 0.15) is 5.56 Å². The molecule has 1 heterocycles. The average molecular weight is 333 g/mol. The second kappa shape index (κ2) is 5.89. The van der Waals surface area contributed by atoms with Gasteiger partial charge < -0.3 is 4.57 Å². The molecule has 0 fully saturated rings. The maximum atomic E-state index is 2.38. The number of nitrogens with zero attached hydrogens (tertiary/aromatic N) is 1. The van der Waals surface area contributed by atoms with Crippen molar-refractivity contribution in [1.82, 2.24) is 4.57 Å². The van der Waals surface area contributed by atoms with Crippen LogP contribution in [0.3, 0.4) is 0 Å². The standard InChI is InChI=1S/C25H19N/c1-18-8-7-12-23-22-11-5-6-13-24(22)26(25(18)23)21-16-14-20(15-17-21)19-9-3-2-4-10-19/h2-17H,1H3. The number of hydrogen-bond donors (Lipinski definition) is 0. The molecule has 0 spiro atoms. The Balaban J connectivity index is 1.76. The van der Waals surface area contributed by atoms with Crippen LogP contribution < -0.4 is 0 Å². The molecule has 1 aromatic heterocycles. The molecule has 0 N–H and O–H groups in total. The molecular formula is C25H19N. The van der Waals surface area contributed by atoms with Crippen LogP contribution in [0.4, 0.5) is 0 Å². The zero-order valence-electron chi connectivity index (χ0n) is 14.7. The van der Waals surface area contributed by atoms with E-state index in [0.717, 1.165) is 0 Å². The average Bonchev–Trinajstić information content (AvgIpc) is 3.05. The first kappa shape index (κ1) is 15.0. The molecule has 1 nitrogen and oxygen atoms in total. The molecule has 4 aromatic carbocycles.